The van der Waals surface area contributed by atoms with Crippen molar-refractivity contribution in [2.75, 3.05) is 26.2 Å². The van der Waals surface area contributed by atoms with Crippen molar-refractivity contribution in [3.8, 4) is 0 Å². The molecule has 1 saturated heterocycles. The molecule has 0 aromatic heterocycles. The van der Waals surface area contributed by atoms with Gasteiger partial charge in [0.1, 0.15) is 0 Å². The molecule has 2 nitrogen and oxygen atoms in total. The van der Waals surface area contributed by atoms with E-state index in [4.69, 9.17) is 5.73 Å². The summed E-state index contributed by atoms with van der Waals surface area (Å²) in [7, 11) is 0. The fourth-order valence-corrected chi connectivity index (χ4v) is 3.67. The molecule has 2 heteroatoms. The van der Waals surface area contributed by atoms with E-state index >= 15 is 0 Å². The standard InChI is InChI=1S/C15H30N2/c1-3-14(2,12-16)13-17-10-8-15(9-11-17)6-4-5-7-15/h3-13,16H2,1-2H3. The summed E-state index contributed by atoms with van der Waals surface area (Å²) < 4.78 is 0. The van der Waals surface area contributed by atoms with Crippen molar-refractivity contribution >= 4 is 0 Å². The van der Waals surface area contributed by atoms with E-state index in [-0.39, 0.29) is 0 Å². The fraction of sp³-hybridized carbons (Fsp3) is 1.00. The first-order valence-corrected chi connectivity index (χ1v) is 7.54. The summed E-state index contributed by atoms with van der Waals surface area (Å²) in [6.07, 6.45) is 10.1. The molecule has 1 spiro atoms. The van der Waals surface area contributed by atoms with Crippen LogP contribution in [0.1, 0.15) is 58.8 Å². The van der Waals surface area contributed by atoms with E-state index in [0.717, 1.165) is 12.0 Å². The highest BCUT2D eigenvalue weighted by atomic mass is 15.1. The molecule has 17 heavy (non-hydrogen) atoms. The van der Waals surface area contributed by atoms with Crippen molar-refractivity contribution in [2.45, 2.75) is 58.8 Å². The van der Waals surface area contributed by atoms with E-state index in [1.54, 1.807) is 0 Å². The van der Waals surface area contributed by atoms with Crippen molar-refractivity contribution in [3.63, 3.8) is 0 Å². The molecule has 2 fully saturated rings. The number of rotatable bonds is 4. The van der Waals surface area contributed by atoms with Crippen molar-refractivity contribution in [3.05, 3.63) is 0 Å². The topological polar surface area (TPSA) is 29.3 Å². The Morgan fingerprint density at radius 1 is 1.12 bits per heavy atom. The van der Waals surface area contributed by atoms with E-state index in [1.807, 2.05) is 0 Å². The lowest BCUT2D eigenvalue weighted by Crippen LogP contribution is -2.45. The second-order valence-electron chi connectivity index (χ2n) is 6.85. The van der Waals surface area contributed by atoms with Gasteiger partial charge in [0.25, 0.3) is 0 Å². The van der Waals surface area contributed by atoms with Crippen molar-refractivity contribution in [2.24, 2.45) is 16.6 Å². The zero-order chi connectivity index (χ0) is 12.4. The minimum atomic E-state index is 0.334. The van der Waals surface area contributed by atoms with Crippen molar-refractivity contribution < 1.29 is 0 Å². The molecule has 1 atom stereocenters. The highest BCUT2D eigenvalue weighted by Gasteiger charge is 2.37. The highest BCUT2D eigenvalue weighted by molar-refractivity contribution is 4.91. The summed E-state index contributed by atoms with van der Waals surface area (Å²) in [5.41, 5.74) is 7.01. The van der Waals surface area contributed by atoms with E-state index in [1.165, 1.54) is 64.6 Å². The van der Waals surface area contributed by atoms with Gasteiger partial charge in [-0.25, -0.2) is 0 Å². The molecule has 2 N–H and O–H groups in total. The first-order chi connectivity index (χ1) is 8.11. The quantitative estimate of drug-likeness (QED) is 0.816. The van der Waals surface area contributed by atoms with Gasteiger partial charge in [0.05, 0.1) is 0 Å². The minimum Gasteiger partial charge on any atom is -0.330 e. The van der Waals surface area contributed by atoms with Gasteiger partial charge in [0.2, 0.25) is 0 Å². The Labute approximate surface area is 107 Å². The molecular weight excluding hydrogens is 208 g/mol. The largest absolute Gasteiger partial charge is 0.330 e. The molecule has 1 aliphatic carbocycles. The lowest BCUT2D eigenvalue weighted by atomic mass is 9.76. The summed E-state index contributed by atoms with van der Waals surface area (Å²) in [4.78, 5) is 2.67. The van der Waals surface area contributed by atoms with Crippen molar-refractivity contribution in [1.82, 2.24) is 4.90 Å². The van der Waals surface area contributed by atoms with Gasteiger partial charge < -0.3 is 10.6 Å². The van der Waals surface area contributed by atoms with Gasteiger partial charge in [-0.1, -0.05) is 26.7 Å². The van der Waals surface area contributed by atoms with Crippen LogP contribution in [0.4, 0.5) is 0 Å². The predicted molar refractivity (Wildman–Crippen MR) is 74.0 cm³/mol. The zero-order valence-electron chi connectivity index (χ0n) is 11.8. The number of piperidine rings is 1. The first kappa shape index (κ1) is 13.4. The summed E-state index contributed by atoms with van der Waals surface area (Å²) in [5, 5.41) is 0. The molecule has 0 amide bonds. The lowest BCUT2D eigenvalue weighted by Gasteiger charge is -2.42. The molecule has 1 saturated carbocycles. The molecule has 0 radical (unpaired) electrons. The number of nitrogens with zero attached hydrogens (tertiary/aromatic N) is 1. The SMILES string of the molecule is CCC(C)(CN)CN1CCC2(CCCC2)CC1. The van der Waals surface area contributed by atoms with Crippen LogP contribution in [0.5, 0.6) is 0 Å². The van der Waals surface area contributed by atoms with E-state index in [2.05, 4.69) is 18.7 Å². The Kier molecular flexibility index (Phi) is 4.14. The third-order valence-corrected chi connectivity index (χ3v) is 5.53. The Morgan fingerprint density at radius 2 is 1.71 bits per heavy atom. The van der Waals surface area contributed by atoms with Crippen LogP contribution in [0.3, 0.4) is 0 Å². The van der Waals surface area contributed by atoms with Crippen LogP contribution in [0.2, 0.25) is 0 Å². The van der Waals surface area contributed by atoms with E-state index in [0.29, 0.717) is 5.41 Å². The molecule has 1 unspecified atom stereocenters. The molecule has 1 heterocycles. The summed E-state index contributed by atoms with van der Waals surface area (Å²) in [6.45, 7) is 9.27. The monoisotopic (exact) mass is 238 g/mol. The van der Waals surface area contributed by atoms with Gasteiger partial charge in [-0.15, -0.1) is 0 Å². The van der Waals surface area contributed by atoms with Gasteiger partial charge >= 0.3 is 0 Å². The third kappa shape index (κ3) is 3.03. The second kappa shape index (κ2) is 5.27. The second-order valence-corrected chi connectivity index (χ2v) is 6.85. The smallest absolute Gasteiger partial charge is 0.00473 e. The lowest BCUT2D eigenvalue weighted by molar-refractivity contribution is 0.0742. The molecule has 0 bridgehead atoms. The normalized spacial score (nSPS) is 28.4. The average Bonchev–Trinajstić information content (AvgIpc) is 2.81. The molecule has 100 valence electrons. The Bertz CT molecular complexity index is 229. The number of hydrogen-bond donors (Lipinski definition) is 1. The molecule has 0 aromatic carbocycles. The minimum absolute atomic E-state index is 0.334. The van der Waals surface area contributed by atoms with Gasteiger partial charge in [0.15, 0.2) is 0 Å². The fourth-order valence-electron chi connectivity index (χ4n) is 3.67. The third-order valence-electron chi connectivity index (χ3n) is 5.53. The maximum Gasteiger partial charge on any atom is 0.00473 e. The van der Waals surface area contributed by atoms with E-state index in [9.17, 15) is 0 Å². The van der Waals surface area contributed by atoms with Crippen LogP contribution < -0.4 is 5.73 Å². The maximum absolute atomic E-state index is 5.92. The van der Waals surface area contributed by atoms with Crippen LogP contribution in [0.15, 0.2) is 0 Å². The van der Waals surface area contributed by atoms with Crippen LogP contribution in [0, 0.1) is 10.8 Å². The van der Waals surface area contributed by atoms with Crippen LogP contribution >= 0.6 is 0 Å². The number of hydrogen-bond acceptors (Lipinski definition) is 2. The van der Waals surface area contributed by atoms with Crippen LogP contribution in [-0.2, 0) is 0 Å². The molecule has 0 aromatic rings. The van der Waals surface area contributed by atoms with Crippen molar-refractivity contribution in [1.29, 1.82) is 0 Å². The Hall–Kier alpha value is -0.0800. The molecule has 2 rings (SSSR count). The van der Waals surface area contributed by atoms with Crippen LogP contribution in [-0.4, -0.2) is 31.1 Å². The van der Waals surface area contributed by atoms with Gasteiger partial charge in [0, 0.05) is 6.54 Å². The van der Waals surface area contributed by atoms with E-state index < -0.39 is 0 Å². The average molecular weight is 238 g/mol. The maximum atomic E-state index is 5.92. The zero-order valence-corrected chi connectivity index (χ0v) is 11.8. The Balaban J connectivity index is 1.82. The van der Waals surface area contributed by atoms with Gasteiger partial charge in [-0.3, -0.25) is 0 Å². The summed E-state index contributed by atoms with van der Waals surface area (Å²) in [5.74, 6) is 0. The number of likely N-dealkylation sites (tertiary alicyclic amines) is 1. The summed E-state index contributed by atoms with van der Waals surface area (Å²) in [6, 6.07) is 0. The highest BCUT2D eigenvalue weighted by Crippen LogP contribution is 2.46. The summed E-state index contributed by atoms with van der Waals surface area (Å²) >= 11 is 0. The predicted octanol–water partition coefficient (Wildman–Crippen LogP) is 3.02. The first-order valence-electron chi connectivity index (χ1n) is 7.54. The number of nitrogens with two attached hydrogens (primary N) is 1. The van der Waals surface area contributed by atoms with Crippen LogP contribution in [0.25, 0.3) is 0 Å². The molecule has 1 aliphatic heterocycles. The molecule has 2 aliphatic rings. The molecular formula is C15H30N2. The van der Waals surface area contributed by atoms with Gasteiger partial charge in [-0.05, 0) is 62.6 Å². The van der Waals surface area contributed by atoms with Gasteiger partial charge in [-0.2, -0.15) is 0 Å². The Morgan fingerprint density at radius 3 is 2.18 bits per heavy atom.